The van der Waals surface area contributed by atoms with Crippen molar-refractivity contribution in [1.82, 2.24) is 4.72 Å². The molecule has 0 aromatic heterocycles. The third-order valence-electron chi connectivity index (χ3n) is 3.90. The molecule has 0 saturated carbocycles. The highest BCUT2D eigenvalue weighted by Crippen LogP contribution is 2.35. The van der Waals surface area contributed by atoms with Crippen LogP contribution in [0.1, 0.15) is 33.6 Å². The highest BCUT2D eigenvalue weighted by Gasteiger charge is 2.34. The average molecular weight is 259 g/mol. The van der Waals surface area contributed by atoms with E-state index in [1.54, 1.807) is 0 Å². The standard InChI is InChI=1S/C12H21NO3S/c1-8(2)10-4-5-11(9(3)6-10)12-7-16-17(14,15)13-12/h5,8-10,12-13H,4,6-7H2,1-3H3/t9-,10-,12?/m0/s1. The molecule has 1 fully saturated rings. The monoisotopic (exact) mass is 259 g/mol. The molecule has 1 aliphatic heterocycles. The SMILES string of the molecule is CC(C)[C@H]1CC=C(C2COS(=O)(=O)N2)[C@@H](C)C1. The molecule has 1 heterocycles. The molecule has 0 bridgehead atoms. The molecular weight excluding hydrogens is 238 g/mol. The summed E-state index contributed by atoms with van der Waals surface area (Å²) >= 11 is 0. The summed E-state index contributed by atoms with van der Waals surface area (Å²) in [6.45, 7) is 6.91. The zero-order chi connectivity index (χ0) is 12.6. The van der Waals surface area contributed by atoms with E-state index in [2.05, 4.69) is 31.6 Å². The summed E-state index contributed by atoms with van der Waals surface area (Å²) in [7, 11) is -3.49. The molecule has 2 rings (SSSR count). The van der Waals surface area contributed by atoms with E-state index in [1.807, 2.05) is 0 Å². The van der Waals surface area contributed by atoms with Crippen molar-refractivity contribution in [3.05, 3.63) is 11.6 Å². The van der Waals surface area contributed by atoms with Crippen molar-refractivity contribution in [3.63, 3.8) is 0 Å². The Bertz CT molecular complexity index is 413. The first kappa shape index (κ1) is 13.1. The van der Waals surface area contributed by atoms with Gasteiger partial charge in [-0.2, -0.15) is 13.1 Å². The maximum atomic E-state index is 11.2. The largest absolute Gasteiger partial charge is 0.336 e. The molecule has 0 radical (unpaired) electrons. The Morgan fingerprint density at radius 2 is 2.18 bits per heavy atom. The van der Waals surface area contributed by atoms with Crippen LogP contribution in [0, 0.1) is 17.8 Å². The molecular formula is C12H21NO3S. The van der Waals surface area contributed by atoms with Gasteiger partial charge in [-0.25, -0.2) is 0 Å². The van der Waals surface area contributed by atoms with E-state index in [4.69, 9.17) is 4.18 Å². The molecule has 3 atom stereocenters. The summed E-state index contributed by atoms with van der Waals surface area (Å²) in [5.41, 5.74) is 1.20. The molecule has 98 valence electrons. The van der Waals surface area contributed by atoms with Crippen LogP contribution in [0.4, 0.5) is 0 Å². The lowest BCUT2D eigenvalue weighted by atomic mass is 9.75. The predicted octanol–water partition coefficient (Wildman–Crippen LogP) is 1.85. The first-order valence-corrected chi connectivity index (χ1v) is 7.66. The van der Waals surface area contributed by atoms with Gasteiger partial charge in [0.2, 0.25) is 0 Å². The molecule has 1 unspecified atom stereocenters. The van der Waals surface area contributed by atoms with Gasteiger partial charge in [-0.15, -0.1) is 0 Å². The second-order valence-electron chi connectivity index (χ2n) is 5.49. The minimum absolute atomic E-state index is 0.150. The van der Waals surface area contributed by atoms with Crippen LogP contribution < -0.4 is 4.72 Å². The minimum Gasteiger partial charge on any atom is -0.256 e. The summed E-state index contributed by atoms with van der Waals surface area (Å²) in [4.78, 5) is 0. The van der Waals surface area contributed by atoms with Crippen LogP contribution in [0.2, 0.25) is 0 Å². The van der Waals surface area contributed by atoms with E-state index in [0.717, 1.165) is 12.8 Å². The normalized spacial score (nSPS) is 37.2. The zero-order valence-corrected chi connectivity index (χ0v) is 11.5. The van der Waals surface area contributed by atoms with E-state index < -0.39 is 10.3 Å². The summed E-state index contributed by atoms with van der Waals surface area (Å²) in [5, 5.41) is 0. The minimum atomic E-state index is -3.49. The summed E-state index contributed by atoms with van der Waals surface area (Å²) in [6.07, 6.45) is 4.40. The van der Waals surface area contributed by atoms with Gasteiger partial charge >= 0.3 is 10.3 Å². The first-order valence-electron chi connectivity index (χ1n) is 6.25. The van der Waals surface area contributed by atoms with Crippen LogP contribution in [-0.2, 0) is 14.5 Å². The van der Waals surface area contributed by atoms with Crippen molar-refractivity contribution in [2.24, 2.45) is 17.8 Å². The maximum Gasteiger partial charge on any atom is 0.336 e. The fourth-order valence-electron chi connectivity index (χ4n) is 2.77. The zero-order valence-electron chi connectivity index (χ0n) is 10.6. The van der Waals surface area contributed by atoms with Crippen molar-refractivity contribution in [3.8, 4) is 0 Å². The third-order valence-corrected chi connectivity index (χ3v) is 4.92. The van der Waals surface area contributed by atoms with Gasteiger partial charge in [-0.1, -0.05) is 32.4 Å². The first-order chi connectivity index (χ1) is 7.89. The van der Waals surface area contributed by atoms with E-state index >= 15 is 0 Å². The summed E-state index contributed by atoms with van der Waals surface area (Å²) in [6, 6.07) is -0.150. The molecule has 0 amide bonds. The Morgan fingerprint density at radius 1 is 1.47 bits per heavy atom. The Hall–Kier alpha value is -0.390. The van der Waals surface area contributed by atoms with Crippen molar-refractivity contribution in [2.75, 3.05) is 6.61 Å². The molecule has 1 N–H and O–H groups in total. The van der Waals surface area contributed by atoms with Gasteiger partial charge in [-0.3, -0.25) is 4.18 Å². The Kier molecular flexibility index (Phi) is 3.61. The highest BCUT2D eigenvalue weighted by molar-refractivity contribution is 7.85. The highest BCUT2D eigenvalue weighted by atomic mass is 32.2. The fraction of sp³-hybridized carbons (Fsp3) is 0.833. The van der Waals surface area contributed by atoms with Crippen LogP contribution in [0.5, 0.6) is 0 Å². The maximum absolute atomic E-state index is 11.2. The van der Waals surface area contributed by atoms with Gasteiger partial charge in [0.1, 0.15) is 0 Å². The molecule has 1 saturated heterocycles. The lowest BCUT2D eigenvalue weighted by Crippen LogP contribution is -2.33. The summed E-state index contributed by atoms with van der Waals surface area (Å²) in [5.74, 6) is 1.84. The quantitative estimate of drug-likeness (QED) is 0.770. The van der Waals surface area contributed by atoms with Crippen molar-refractivity contribution >= 4 is 10.3 Å². The molecule has 4 nitrogen and oxygen atoms in total. The van der Waals surface area contributed by atoms with E-state index in [1.165, 1.54) is 5.57 Å². The molecule has 0 aromatic rings. The number of hydrogen-bond donors (Lipinski definition) is 1. The van der Waals surface area contributed by atoms with E-state index in [9.17, 15) is 8.42 Å². The fourth-order valence-corrected chi connectivity index (χ4v) is 3.71. The predicted molar refractivity (Wildman–Crippen MR) is 66.6 cm³/mol. The Balaban J connectivity index is 2.08. The van der Waals surface area contributed by atoms with Crippen molar-refractivity contribution in [1.29, 1.82) is 0 Å². The smallest absolute Gasteiger partial charge is 0.256 e. The van der Waals surface area contributed by atoms with E-state index in [-0.39, 0.29) is 12.6 Å². The van der Waals surface area contributed by atoms with Gasteiger partial charge in [0.15, 0.2) is 0 Å². The Morgan fingerprint density at radius 3 is 2.65 bits per heavy atom. The lowest BCUT2D eigenvalue weighted by molar-refractivity contribution is 0.291. The molecule has 0 aromatic carbocycles. The van der Waals surface area contributed by atoms with Crippen LogP contribution in [-0.4, -0.2) is 21.1 Å². The second kappa shape index (κ2) is 4.71. The molecule has 5 heteroatoms. The average Bonchev–Trinajstić information content (AvgIpc) is 2.58. The lowest BCUT2D eigenvalue weighted by Gasteiger charge is -2.31. The molecule has 0 spiro atoms. The van der Waals surface area contributed by atoms with Gasteiger partial charge in [0.25, 0.3) is 0 Å². The van der Waals surface area contributed by atoms with Gasteiger partial charge < -0.3 is 0 Å². The van der Waals surface area contributed by atoms with Crippen LogP contribution in [0.15, 0.2) is 11.6 Å². The number of rotatable bonds is 2. The second-order valence-corrected chi connectivity index (χ2v) is 6.87. The van der Waals surface area contributed by atoms with E-state index in [0.29, 0.717) is 17.8 Å². The number of nitrogens with one attached hydrogen (secondary N) is 1. The topological polar surface area (TPSA) is 55.4 Å². The van der Waals surface area contributed by atoms with Gasteiger partial charge in [0.05, 0.1) is 12.6 Å². The van der Waals surface area contributed by atoms with Crippen LogP contribution in [0.25, 0.3) is 0 Å². The Labute approximate surface area is 104 Å². The van der Waals surface area contributed by atoms with Crippen molar-refractivity contribution in [2.45, 2.75) is 39.7 Å². The van der Waals surface area contributed by atoms with Gasteiger partial charge in [-0.05, 0) is 30.6 Å². The molecule has 2 aliphatic rings. The molecule has 17 heavy (non-hydrogen) atoms. The van der Waals surface area contributed by atoms with Gasteiger partial charge in [0, 0.05) is 0 Å². The molecule has 1 aliphatic carbocycles. The summed E-state index contributed by atoms with van der Waals surface area (Å²) < 4.78 is 29.7. The van der Waals surface area contributed by atoms with Crippen LogP contribution in [0.3, 0.4) is 0 Å². The van der Waals surface area contributed by atoms with Crippen molar-refractivity contribution < 1.29 is 12.6 Å². The third kappa shape index (κ3) is 2.89. The number of allylic oxidation sites excluding steroid dienone is 1. The number of hydrogen-bond acceptors (Lipinski definition) is 3. The van der Waals surface area contributed by atoms with Crippen LogP contribution >= 0.6 is 0 Å².